The fraction of sp³-hybridized carbons (Fsp3) is 0.0667. The highest BCUT2D eigenvalue weighted by Gasteiger charge is 2.15. The molecule has 0 saturated heterocycles. The summed E-state index contributed by atoms with van der Waals surface area (Å²) in [6, 6.07) is 10.4. The van der Waals surface area contributed by atoms with Gasteiger partial charge in [-0.15, -0.1) is 10.2 Å². The first kappa shape index (κ1) is 14.9. The minimum absolute atomic E-state index is 0.00395. The van der Waals surface area contributed by atoms with E-state index in [0.717, 1.165) is 23.0 Å². The zero-order valence-corrected chi connectivity index (χ0v) is 12.7. The second-order valence-corrected chi connectivity index (χ2v) is 5.56. The van der Waals surface area contributed by atoms with Crippen molar-refractivity contribution in [1.29, 1.82) is 0 Å². The van der Waals surface area contributed by atoms with Crippen LogP contribution in [0.4, 0.5) is 5.13 Å². The van der Waals surface area contributed by atoms with E-state index >= 15 is 0 Å². The molecule has 0 saturated carbocycles. The number of nitrogens with zero attached hydrogens (tertiary/aromatic N) is 3. The fourth-order valence-corrected chi connectivity index (χ4v) is 2.47. The highest BCUT2D eigenvalue weighted by Crippen LogP contribution is 2.17. The first-order valence-electron chi connectivity index (χ1n) is 6.68. The SMILES string of the molecule is O=C(Nc1nncs1)c1cn(Cc2ccccc2)c(=O)cc1O. The maximum absolute atomic E-state index is 12.2. The number of carbonyl (C=O) groups is 1. The largest absolute Gasteiger partial charge is 0.507 e. The first-order chi connectivity index (χ1) is 11.1. The van der Waals surface area contributed by atoms with Crippen LogP contribution in [0.3, 0.4) is 0 Å². The van der Waals surface area contributed by atoms with Crippen LogP contribution in [-0.4, -0.2) is 25.8 Å². The standard InChI is InChI=1S/C15H12N4O3S/c20-12-6-13(21)19(7-10-4-2-1-3-5-10)8-11(12)14(22)17-15-18-16-9-23-15/h1-6,8-9,20H,7H2,(H,17,18,22). The van der Waals surface area contributed by atoms with E-state index in [1.54, 1.807) is 0 Å². The van der Waals surface area contributed by atoms with E-state index in [4.69, 9.17) is 0 Å². The third kappa shape index (κ3) is 3.43. The van der Waals surface area contributed by atoms with Crippen LogP contribution in [0.1, 0.15) is 15.9 Å². The number of rotatable bonds is 4. The van der Waals surface area contributed by atoms with E-state index in [1.165, 1.54) is 16.3 Å². The molecule has 0 aliphatic carbocycles. The number of aromatic nitrogens is 3. The lowest BCUT2D eigenvalue weighted by Crippen LogP contribution is -2.23. The quantitative estimate of drug-likeness (QED) is 0.760. The van der Waals surface area contributed by atoms with Gasteiger partial charge in [0.05, 0.1) is 12.1 Å². The Morgan fingerprint density at radius 3 is 2.78 bits per heavy atom. The summed E-state index contributed by atoms with van der Waals surface area (Å²) in [5.41, 5.74) is 2.00. The molecule has 0 atom stereocenters. The van der Waals surface area contributed by atoms with Gasteiger partial charge in [0.15, 0.2) is 0 Å². The molecule has 23 heavy (non-hydrogen) atoms. The van der Waals surface area contributed by atoms with Crippen LogP contribution in [0.2, 0.25) is 0 Å². The molecular weight excluding hydrogens is 316 g/mol. The second kappa shape index (κ2) is 6.41. The summed E-state index contributed by atoms with van der Waals surface area (Å²) in [7, 11) is 0. The van der Waals surface area contributed by atoms with E-state index in [-0.39, 0.29) is 16.9 Å². The van der Waals surface area contributed by atoms with E-state index in [1.807, 2.05) is 30.3 Å². The van der Waals surface area contributed by atoms with Gasteiger partial charge in [-0.25, -0.2) is 0 Å². The summed E-state index contributed by atoms with van der Waals surface area (Å²) < 4.78 is 1.37. The van der Waals surface area contributed by atoms with Gasteiger partial charge in [0, 0.05) is 12.3 Å². The Morgan fingerprint density at radius 2 is 2.09 bits per heavy atom. The zero-order valence-electron chi connectivity index (χ0n) is 11.8. The normalized spacial score (nSPS) is 10.4. The molecule has 3 rings (SSSR count). The highest BCUT2D eigenvalue weighted by molar-refractivity contribution is 7.13. The number of nitrogens with one attached hydrogen (secondary N) is 1. The van der Waals surface area contributed by atoms with Crippen LogP contribution in [0, 0.1) is 0 Å². The maximum atomic E-state index is 12.2. The molecule has 0 aliphatic rings. The summed E-state index contributed by atoms with van der Waals surface area (Å²) in [5.74, 6) is -0.928. The molecular formula is C15H12N4O3S. The van der Waals surface area contributed by atoms with Crippen molar-refractivity contribution in [3.8, 4) is 5.75 Å². The molecule has 116 valence electrons. The van der Waals surface area contributed by atoms with Gasteiger partial charge >= 0.3 is 0 Å². The molecule has 2 N–H and O–H groups in total. The molecule has 2 heterocycles. The lowest BCUT2D eigenvalue weighted by atomic mass is 10.2. The number of benzene rings is 1. The molecule has 0 aliphatic heterocycles. The van der Waals surface area contributed by atoms with Crippen molar-refractivity contribution in [2.24, 2.45) is 0 Å². The van der Waals surface area contributed by atoms with Gasteiger partial charge in [-0.3, -0.25) is 14.9 Å². The van der Waals surface area contributed by atoms with Gasteiger partial charge < -0.3 is 9.67 Å². The molecule has 8 heteroatoms. The van der Waals surface area contributed by atoms with Crippen molar-refractivity contribution in [3.63, 3.8) is 0 Å². The Kier molecular flexibility index (Phi) is 4.15. The fourth-order valence-electron chi connectivity index (χ4n) is 2.03. The van der Waals surface area contributed by atoms with Gasteiger partial charge in [0.2, 0.25) is 5.13 Å². The number of hydrogen-bond acceptors (Lipinski definition) is 6. The highest BCUT2D eigenvalue weighted by atomic mass is 32.1. The van der Waals surface area contributed by atoms with Crippen LogP contribution in [0.15, 0.2) is 52.9 Å². The Labute approximate surface area is 134 Å². The van der Waals surface area contributed by atoms with Crippen LogP contribution in [0.5, 0.6) is 5.75 Å². The average molecular weight is 328 g/mol. The van der Waals surface area contributed by atoms with E-state index in [2.05, 4.69) is 15.5 Å². The monoisotopic (exact) mass is 328 g/mol. The third-order valence-electron chi connectivity index (χ3n) is 3.13. The zero-order chi connectivity index (χ0) is 16.2. The number of anilines is 1. The Bertz CT molecular complexity index is 875. The summed E-state index contributed by atoms with van der Waals surface area (Å²) in [6.45, 7) is 0.305. The number of amides is 1. The lowest BCUT2D eigenvalue weighted by Gasteiger charge is -2.10. The van der Waals surface area contributed by atoms with Crippen LogP contribution < -0.4 is 10.9 Å². The van der Waals surface area contributed by atoms with Crippen molar-refractivity contribution < 1.29 is 9.90 Å². The third-order valence-corrected chi connectivity index (χ3v) is 3.73. The van der Waals surface area contributed by atoms with Crippen LogP contribution in [0.25, 0.3) is 0 Å². The minimum Gasteiger partial charge on any atom is -0.507 e. The van der Waals surface area contributed by atoms with E-state index in [0.29, 0.717) is 11.7 Å². The van der Waals surface area contributed by atoms with Gasteiger partial charge in [-0.1, -0.05) is 41.7 Å². The van der Waals surface area contributed by atoms with E-state index in [9.17, 15) is 14.7 Å². The summed E-state index contributed by atoms with van der Waals surface area (Å²) in [4.78, 5) is 24.2. The molecule has 0 fully saturated rings. The summed E-state index contributed by atoms with van der Waals surface area (Å²) in [6.07, 6.45) is 1.33. The molecule has 0 spiro atoms. The number of aromatic hydroxyl groups is 1. The number of pyridine rings is 1. The predicted molar refractivity (Wildman–Crippen MR) is 85.8 cm³/mol. The molecule has 1 amide bonds. The predicted octanol–water partition coefficient (Wildman–Crippen LogP) is 1.71. The van der Waals surface area contributed by atoms with Crippen molar-refractivity contribution >= 4 is 22.4 Å². The first-order valence-corrected chi connectivity index (χ1v) is 7.56. The van der Waals surface area contributed by atoms with Crippen molar-refractivity contribution in [2.45, 2.75) is 6.54 Å². The van der Waals surface area contributed by atoms with Crippen molar-refractivity contribution in [1.82, 2.24) is 14.8 Å². The molecule has 7 nitrogen and oxygen atoms in total. The van der Waals surface area contributed by atoms with Crippen molar-refractivity contribution in [2.75, 3.05) is 5.32 Å². The maximum Gasteiger partial charge on any atom is 0.262 e. The number of hydrogen-bond donors (Lipinski definition) is 2. The summed E-state index contributed by atoms with van der Waals surface area (Å²) >= 11 is 1.16. The van der Waals surface area contributed by atoms with Gasteiger partial charge in [-0.2, -0.15) is 0 Å². The second-order valence-electron chi connectivity index (χ2n) is 4.72. The van der Waals surface area contributed by atoms with Gasteiger partial charge in [0.1, 0.15) is 11.3 Å². The smallest absolute Gasteiger partial charge is 0.262 e. The van der Waals surface area contributed by atoms with Crippen LogP contribution >= 0.6 is 11.3 Å². The Morgan fingerprint density at radius 1 is 1.30 bits per heavy atom. The average Bonchev–Trinajstić information content (AvgIpc) is 3.04. The summed E-state index contributed by atoms with van der Waals surface area (Å²) in [5, 5.41) is 20.0. The Hall–Kier alpha value is -3.00. The molecule has 0 bridgehead atoms. The molecule has 2 aromatic heterocycles. The Balaban J connectivity index is 1.90. The lowest BCUT2D eigenvalue weighted by molar-refractivity contribution is 0.102. The molecule has 0 unspecified atom stereocenters. The van der Waals surface area contributed by atoms with E-state index < -0.39 is 5.91 Å². The molecule has 0 radical (unpaired) electrons. The minimum atomic E-state index is -0.555. The number of carbonyl (C=O) groups excluding carboxylic acids is 1. The van der Waals surface area contributed by atoms with Crippen LogP contribution in [-0.2, 0) is 6.54 Å². The van der Waals surface area contributed by atoms with Crippen molar-refractivity contribution in [3.05, 3.63) is 69.6 Å². The molecule has 1 aromatic carbocycles. The molecule has 3 aromatic rings. The topological polar surface area (TPSA) is 97.1 Å². The van der Waals surface area contributed by atoms with Gasteiger partial charge in [-0.05, 0) is 5.56 Å². The van der Waals surface area contributed by atoms with Gasteiger partial charge in [0.25, 0.3) is 11.5 Å².